The first-order valence-electron chi connectivity index (χ1n) is 4.02. The molecule has 2 nitrogen and oxygen atoms in total. The first-order valence-corrected chi connectivity index (χ1v) is 4.84. The van der Waals surface area contributed by atoms with Crippen LogP contribution in [-0.4, -0.2) is 10.9 Å². The van der Waals surface area contributed by atoms with Crippen molar-refractivity contribution in [3.05, 3.63) is 28.9 Å². The van der Waals surface area contributed by atoms with Crippen molar-refractivity contribution in [1.82, 2.24) is 0 Å². The van der Waals surface area contributed by atoms with Crippen molar-refractivity contribution < 1.29 is 14.3 Å². The van der Waals surface area contributed by atoms with Crippen LogP contribution in [0.2, 0.25) is 0 Å². The molecule has 1 heterocycles. The minimum atomic E-state index is -0.497. The van der Waals surface area contributed by atoms with Crippen molar-refractivity contribution in [2.24, 2.45) is 0 Å². The number of Topliss-reactive ketones (excluding diaryl/α,β-unsaturated/α-hetero) is 1. The Kier molecular flexibility index (Phi) is 2.00. The highest BCUT2D eigenvalue weighted by atomic mass is 32.1. The average molecular weight is 210 g/mol. The third kappa shape index (κ3) is 1.19. The van der Waals surface area contributed by atoms with Gasteiger partial charge in [0.25, 0.3) is 0 Å². The summed E-state index contributed by atoms with van der Waals surface area (Å²) < 4.78 is 13.8. The molecule has 0 aliphatic rings. The molecule has 0 aliphatic carbocycles. The standard InChI is InChI=1S/C10H7FO2S/c1-5(12)10-9(13)8-6(11)3-2-4-7(8)14-10/h2-4,13H,1H3. The average Bonchev–Trinajstić information content (AvgIpc) is 2.45. The zero-order valence-corrected chi connectivity index (χ0v) is 8.19. The summed E-state index contributed by atoms with van der Waals surface area (Å²) in [6, 6.07) is 4.49. The Balaban J connectivity index is 2.87. The number of rotatable bonds is 1. The highest BCUT2D eigenvalue weighted by Gasteiger charge is 2.16. The second-order valence-electron chi connectivity index (χ2n) is 2.95. The Morgan fingerprint density at radius 2 is 2.21 bits per heavy atom. The number of halogens is 1. The van der Waals surface area contributed by atoms with E-state index in [1.807, 2.05) is 0 Å². The number of carbonyl (C=O) groups is 1. The molecule has 0 radical (unpaired) electrons. The molecule has 0 amide bonds. The van der Waals surface area contributed by atoms with Gasteiger partial charge in [-0.05, 0) is 12.1 Å². The van der Waals surface area contributed by atoms with Crippen LogP contribution in [0.3, 0.4) is 0 Å². The Morgan fingerprint density at radius 1 is 1.50 bits per heavy atom. The maximum Gasteiger partial charge on any atom is 0.173 e. The van der Waals surface area contributed by atoms with Crippen molar-refractivity contribution in [2.45, 2.75) is 6.92 Å². The van der Waals surface area contributed by atoms with E-state index in [2.05, 4.69) is 0 Å². The molecule has 72 valence electrons. The molecule has 1 aromatic carbocycles. The van der Waals surface area contributed by atoms with Crippen LogP contribution in [0, 0.1) is 5.82 Å². The molecule has 0 saturated carbocycles. The van der Waals surface area contributed by atoms with Gasteiger partial charge in [-0.3, -0.25) is 4.79 Å². The monoisotopic (exact) mass is 210 g/mol. The van der Waals surface area contributed by atoms with Crippen molar-refractivity contribution >= 4 is 27.2 Å². The Morgan fingerprint density at radius 3 is 2.79 bits per heavy atom. The summed E-state index contributed by atoms with van der Waals surface area (Å²) in [5, 5.41) is 9.73. The Hall–Kier alpha value is -1.42. The summed E-state index contributed by atoms with van der Waals surface area (Å²) in [5.74, 6) is -0.984. The van der Waals surface area contributed by atoms with E-state index in [9.17, 15) is 14.3 Å². The lowest BCUT2D eigenvalue weighted by molar-refractivity contribution is 0.101. The van der Waals surface area contributed by atoms with Gasteiger partial charge in [0, 0.05) is 11.6 Å². The minimum Gasteiger partial charge on any atom is -0.506 e. The number of ketones is 1. The van der Waals surface area contributed by atoms with Gasteiger partial charge in [0.15, 0.2) is 5.78 Å². The van der Waals surface area contributed by atoms with Crippen LogP contribution in [0.15, 0.2) is 18.2 Å². The lowest BCUT2D eigenvalue weighted by Gasteiger charge is -1.92. The first kappa shape index (κ1) is 9.15. The molecule has 0 bridgehead atoms. The third-order valence-electron chi connectivity index (χ3n) is 1.96. The van der Waals surface area contributed by atoms with Crippen molar-refractivity contribution in [3.8, 4) is 5.75 Å². The number of fused-ring (bicyclic) bond motifs is 1. The molecule has 0 saturated heterocycles. The lowest BCUT2D eigenvalue weighted by Crippen LogP contribution is -1.85. The van der Waals surface area contributed by atoms with E-state index in [0.29, 0.717) is 4.70 Å². The van der Waals surface area contributed by atoms with E-state index in [4.69, 9.17) is 0 Å². The second kappa shape index (κ2) is 3.06. The fraction of sp³-hybridized carbons (Fsp3) is 0.100. The first-order chi connectivity index (χ1) is 6.61. The molecule has 0 atom stereocenters. The number of hydrogen-bond donors (Lipinski definition) is 1. The van der Waals surface area contributed by atoms with Crippen LogP contribution in [0.1, 0.15) is 16.6 Å². The molecule has 1 N–H and O–H groups in total. The molecular formula is C10H7FO2S. The molecule has 0 spiro atoms. The zero-order chi connectivity index (χ0) is 10.3. The third-order valence-corrected chi connectivity index (χ3v) is 3.20. The Bertz CT molecular complexity index is 516. The predicted octanol–water partition coefficient (Wildman–Crippen LogP) is 2.95. The molecule has 4 heteroatoms. The van der Waals surface area contributed by atoms with E-state index in [1.165, 1.54) is 13.0 Å². The topological polar surface area (TPSA) is 37.3 Å². The largest absolute Gasteiger partial charge is 0.506 e. The molecule has 0 fully saturated rings. The van der Waals surface area contributed by atoms with Crippen LogP contribution in [0.25, 0.3) is 10.1 Å². The molecular weight excluding hydrogens is 203 g/mol. The smallest absolute Gasteiger partial charge is 0.173 e. The van der Waals surface area contributed by atoms with Gasteiger partial charge in [-0.15, -0.1) is 11.3 Å². The lowest BCUT2D eigenvalue weighted by atomic mass is 10.2. The fourth-order valence-corrected chi connectivity index (χ4v) is 2.33. The van der Waals surface area contributed by atoms with Gasteiger partial charge in [-0.25, -0.2) is 4.39 Å². The van der Waals surface area contributed by atoms with E-state index in [0.717, 1.165) is 11.3 Å². The highest BCUT2D eigenvalue weighted by Crippen LogP contribution is 2.38. The van der Waals surface area contributed by atoms with Crippen molar-refractivity contribution in [2.75, 3.05) is 0 Å². The number of aromatic hydroxyl groups is 1. The maximum atomic E-state index is 13.3. The van der Waals surface area contributed by atoms with Gasteiger partial charge in [-0.2, -0.15) is 0 Å². The highest BCUT2D eigenvalue weighted by molar-refractivity contribution is 7.21. The van der Waals surface area contributed by atoms with E-state index in [-0.39, 0.29) is 21.8 Å². The van der Waals surface area contributed by atoms with Crippen LogP contribution in [0.5, 0.6) is 5.75 Å². The van der Waals surface area contributed by atoms with Crippen LogP contribution < -0.4 is 0 Å². The number of hydrogen-bond acceptors (Lipinski definition) is 3. The van der Waals surface area contributed by atoms with Gasteiger partial charge < -0.3 is 5.11 Å². The summed E-state index contributed by atoms with van der Waals surface area (Å²) in [6.45, 7) is 1.35. The van der Waals surface area contributed by atoms with Gasteiger partial charge in [0.05, 0.1) is 5.39 Å². The molecule has 0 unspecified atom stereocenters. The SMILES string of the molecule is CC(=O)c1sc2cccc(F)c2c1O. The summed E-state index contributed by atoms with van der Waals surface area (Å²) in [7, 11) is 0. The van der Waals surface area contributed by atoms with Gasteiger partial charge in [0.1, 0.15) is 16.4 Å². The van der Waals surface area contributed by atoms with E-state index in [1.54, 1.807) is 12.1 Å². The molecule has 14 heavy (non-hydrogen) atoms. The van der Waals surface area contributed by atoms with Crippen LogP contribution >= 0.6 is 11.3 Å². The second-order valence-corrected chi connectivity index (χ2v) is 4.00. The quantitative estimate of drug-likeness (QED) is 0.735. The summed E-state index contributed by atoms with van der Waals surface area (Å²) in [4.78, 5) is 11.3. The number of thiophene rings is 1. The Labute approximate surface area is 83.6 Å². The normalized spacial score (nSPS) is 10.7. The van der Waals surface area contributed by atoms with E-state index < -0.39 is 5.82 Å². The predicted molar refractivity (Wildman–Crippen MR) is 53.5 cm³/mol. The molecule has 1 aromatic heterocycles. The summed E-state index contributed by atoms with van der Waals surface area (Å²) >= 11 is 1.11. The zero-order valence-electron chi connectivity index (χ0n) is 7.37. The summed E-state index contributed by atoms with van der Waals surface area (Å²) in [5.41, 5.74) is 0. The van der Waals surface area contributed by atoms with Crippen LogP contribution in [0.4, 0.5) is 4.39 Å². The number of carbonyl (C=O) groups excluding carboxylic acids is 1. The maximum absolute atomic E-state index is 13.3. The van der Waals surface area contributed by atoms with Gasteiger partial charge >= 0.3 is 0 Å². The minimum absolute atomic E-state index is 0.141. The van der Waals surface area contributed by atoms with E-state index >= 15 is 0 Å². The fourth-order valence-electron chi connectivity index (χ4n) is 1.33. The van der Waals surface area contributed by atoms with Crippen molar-refractivity contribution in [1.29, 1.82) is 0 Å². The molecule has 0 aliphatic heterocycles. The molecule has 2 aromatic rings. The van der Waals surface area contributed by atoms with Gasteiger partial charge in [0.2, 0.25) is 0 Å². The van der Waals surface area contributed by atoms with Gasteiger partial charge in [-0.1, -0.05) is 6.07 Å². The summed E-state index contributed by atoms with van der Waals surface area (Å²) in [6.07, 6.45) is 0. The van der Waals surface area contributed by atoms with Crippen LogP contribution in [-0.2, 0) is 0 Å². The number of benzene rings is 1. The van der Waals surface area contributed by atoms with Crippen molar-refractivity contribution in [3.63, 3.8) is 0 Å². The molecule has 2 rings (SSSR count).